The van der Waals surface area contributed by atoms with E-state index in [9.17, 15) is 0 Å². The molecular weight excluding hydrogens is 367 g/mol. The Bertz CT molecular complexity index is 719. The Hall–Kier alpha value is -1.83. The van der Waals surface area contributed by atoms with Crippen molar-refractivity contribution >= 4 is 28.3 Å². The highest BCUT2D eigenvalue weighted by atomic mass is 127. The normalized spacial score (nSPS) is 10.7. The van der Waals surface area contributed by atoms with Crippen molar-refractivity contribution in [1.29, 1.82) is 0 Å². The van der Waals surface area contributed by atoms with Crippen LogP contribution in [0.5, 0.6) is 0 Å². The van der Waals surface area contributed by atoms with Crippen LogP contribution < -0.4 is 5.32 Å². The van der Waals surface area contributed by atoms with Gasteiger partial charge in [-0.05, 0) is 53.8 Å². The number of nitrogens with one attached hydrogen (secondary N) is 1. The van der Waals surface area contributed by atoms with E-state index in [1.165, 1.54) is 0 Å². The number of nitrogens with zero attached hydrogens (tertiary/aromatic N) is 3. The Kier molecular flexibility index (Phi) is 3.72. The SMILES string of the molecule is Cc1nccn1-c1ncccc1NCc1ccc(I)o1. The fourth-order valence-electron chi connectivity index (χ4n) is 1.96. The fraction of sp³-hybridized carbons (Fsp3) is 0.143. The maximum atomic E-state index is 5.54. The number of halogens is 1. The van der Waals surface area contributed by atoms with E-state index in [-0.39, 0.29) is 0 Å². The van der Waals surface area contributed by atoms with Crippen molar-refractivity contribution in [2.45, 2.75) is 13.5 Å². The van der Waals surface area contributed by atoms with Crippen LogP contribution in [-0.2, 0) is 6.54 Å². The zero-order valence-electron chi connectivity index (χ0n) is 10.9. The van der Waals surface area contributed by atoms with Crippen LogP contribution in [0.1, 0.15) is 11.6 Å². The molecule has 5 nitrogen and oxygen atoms in total. The second kappa shape index (κ2) is 5.66. The zero-order chi connectivity index (χ0) is 13.9. The predicted molar refractivity (Wildman–Crippen MR) is 84.8 cm³/mol. The first-order chi connectivity index (χ1) is 9.74. The third kappa shape index (κ3) is 2.69. The minimum absolute atomic E-state index is 0.620. The number of anilines is 1. The van der Waals surface area contributed by atoms with Gasteiger partial charge in [-0.1, -0.05) is 0 Å². The molecule has 0 saturated carbocycles. The lowest BCUT2D eigenvalue weighted by molar-refractivity contribution is 0.493. The van der Waals surface area contributed by atoms with Crippen LogP contribution in [0.15, 0.2) is 47.3 Å². The molecule has 0 saturated heterocycles. The summed E-state index contributed by atoms with van der Waals surface area (Å²) in [7, 11) is 0. The molecule has 0 spiro atoms. The molecule has 0 aliphatic heterocycles. The van der Waals surface area contributed by atoms with Gasteiger partial charge in [0.1, 0.15) is 11.6 Å². The van der Waals surface area contributed by atoms with Gasteiger partial charge in [0.25, 0.3) is 0 Å². The quantitative estimate of drug-likeness (QED) is 0.706. The molecule has 3 aromatic rings. The first-order valence-electron chi connectivity index (χ1n) is 6.17. The van der Waals surface area contributed by atoms with Crippen LogP contribution in [0.2, 0.25) is 0 Å². The van der Waals surface area contributed by atoms with E-state index in [0.717, 1.165) is 26.9 Å². The molecule has 0 radical (unpaired) electrons. The minimum atomic E-state index is 0.620. The van der Waals surface area contributed by atoms with Crippen LogP contribution in [0, 0.1) is 10.7 Å². The summed E-state index contributed by atoms with van der Waals surface area (Å²) in [5, 5.41) is 3.35. The standard InChI is InChI=1S/C14H13IN4O/c1-10-16-7-8-19(10)14-12(3-2-6-17-14)18-9-11-4-5-13(15)20-11/h2-8,18H,9H2,1H3. The maximum absolute atomic E-state index is 5.54. The second-order valence-corrected chi connectivity index (χ2v) is 5.34. The summed E-state index contributed by atoms with van der Waals surface area (Å²) in [5.74, 6) is 2.63. The molecule has 0 amide bonds. The molecule has 3 heterocycles. The van der Waals surface area contributed by atoms with Gasteiger partial charge >= 0.3 is 0 Å². The summed E-state index contributed by atoms with van der Waals surface area (Å²) in [6, 6.07) is 7.81. The highest BCUT2D eigenvalue weighted by Crippen LogP contribution is 2.20. The van der Waals surface area contributed by atoms with Crippen molar-refractivity contribution in [2.24, 2.45) is 0 Å². The number of hydrogen-bond donors (Lipinski definition) is 1. The van der Waals surface area contributed by atoms with Gasteiger partial charge in [-0.15, -0.1) is 0 Å². The van der Waals surface area contributed by atoms with Gasteiger partial charge in [0.05, 0.1) is 12.2 Å². The lowest BCUT2D eigenvalue weighted by atomic mass is 10.3. The van der Waals surface area contributed by atoms with Crippen LogP contribution in [0.4, 0.5) is 5.69 Å². The second-order valence-electron chi connectivity index (χ2n) is 4.28. The minimum Gasteiger partial charge on any atom is -0.454 e. The van der Waals surface area contributed by atoms with E-state index in [0.29, 0.717) is 6.54 Å². The van der Waals surface area contributed by atoms with Gasteiger partial charge in [0.2, 0.25) is 0 Å². The molecule has 0 aliphatic rings. The Morgan fingerprint density at radius 3 is 2.85 bits per heavy atom. The molecule has 0 fully saturated rings. The van der Waals surface area contributed by atoms with Gasteiger partial charge in [-0.3, -0.25) is 4.57 Å². The van der Waals surface area contributed by atoms with Crippen LogP contribution >= 0.6 is 22.6 Å². The first kappa shape index (κ1) is 13.2. The van der Waals surface area contributed by atoms with Crippen molar-refractivity contribution in [3.8, 4) is 5.82 Å². The molecule has 0 unspecified atom stereocenters. The van der Waals surface area contributed by atoms with Crippen molar-refractivity contribution in [3.05, 3.63) is 58.2 Å². The van der Waals surface area contributed by atoms with Crippen molar-refractivity contribution < 1.29 is 4.42 Å². The maximum Gasteiger partial charge on any atom is 0.164 e. The summed E-state index contributed by atoms with van der Waals surface area (Å²) >= 11 is 2.16. The number of furan rings is 1. The molecule has 3 rings (SSSR count). The lowest BCUT2D eigenvalue weighted by Crippen LogP contribution is -2.06. The first-order valence-corrected chi connectivity index (χ1v) is 7.25. The molecule has 20 heavy (non-hydrogen) atoms. The molecule has 0 bridgehead atoms. The number of aromatic nitrogens is 3. The van der Waals surface area contributed by atoms with E-state index < -0.39 is 0 Å². The highest BCUT2D eigenvalue weighted by Gasteiger charge is 2.08. The molecule has 1 N–H and O–H groups in total. The average molecular weight is 380 g/mol. The predicted octanol–water partition coefficient (Wildman–Crippen LogP) is 3.39. The van der Waals surface area contributed by atoms with Gasteiger partial charge in [0, 0.05) is 18.6 Å². The van der Waals surface area contributed by atoms with Crippen molar-refractivity contribution in [3.63, 3.8) is 0 Å². The molecule has 3 aromatic heterocycles. The Labute approximate surface area is 130 Å². The average Bonchev–Trinajstić information content (AvgIpc) is 3.05. The molecule has 0 atom stereocenters. The van der Waals surface area contributed by atoms with Gasteiger partial charge in [-0.2, -0.15) is 0 Å². The van der Waals surface area contributed by atoms with Crippen molar-refractivity contribution in [2.75, 3.05) is 5.32 Å². The molecule has 102 valence electrons. The molecule has 0 aliphatic carbocycles. The molecule has 6 heteroatoms. The van der Waals surface area contributed by atoms with Crippen LogP contribution in [0.25, 0.3) is 5.82 Å². The number of aryl methyl sites for hydroxylation is 1. The molecule has 0 aromatic carbocycles. The van der Waals surface area contributed by atoms with E-state index in [4.69, 9.17) is 4.42 Å². The van der Waals surface area contributed by atoms with Crippen LogP contribution in [-0.4, -0.2) is 14.5 Å². The lowest BCUT2D eigenvalue weighted by Gasteiger charge is -2.11. The fourth-order valence-corrected chi connectivity index (χ4v) is 2.42. The Morgan fingerprint density at radius 1 is 1.25 bits per heavy atom. The summed E-state index contributed by atoms with van der Waals surface area (Å²) in [4.78, 5) is 8.66. The van der Waals surface area contributed by atoms with Gasteiger partial charge < -0.3 is 9.73 Å². The largest absolute Gasteiger partial charge is 0.454 e. The number of pyridine rings is 1. The monoisotopic (exact) mass is 380 g/mol. The van der Waals surface area contributed by atoms with E-state index >= 15 is 0 Å². The summed E-state index contributed by atoms with van der Waals surface area (Å²) < 4.78 is 8.38. The summed E-state index contributed by atoms with van der Waals surface area (Å²) in [6.45, 7) is 2.57. The Balaban J connectivity index is 1.85. The van der Waals surface area contributed by atoms with E-state index in [1.54, 1.807) is 12.4 Å². The van der Waals surface area contributed by atoms with Gasteiger partial charge in [0.15, 0.2) is 9.58 Å². The third-order valence-corrected chi connectivity index (χ3v) is 3.50. The zero-order valence-corrected chi connectivity index (χ0v) is 13.0. The summed E-state index contributed by atoms with van der Waals surface area (Å²) in [6.07, 6.45) is 5.44. The topological polar surface area (TPSA) is 55.9 Å². The van der Waals surface area contributed by atoms with Crippen molar-refractivity contribution in [1.82, 2.24) is 14.5 Å². The highest BCUT2D eigenvalue weighted by molar-refractivity contribution is 14.1. The number of imidazole rings is 1. The third-order valence-electron chi connectivity index (χ3n) is 2.92. The number of hydrogen-bond acceptors (Lipinski definition) is 4. The number of rotatable bonds is 4. The van der Waals surface area contributed by atoms with Crippen LogP contribution in [0.3, 0.4) is 0 Å². The van der Waals surface area contributed by atoms with Gasteiger partial charge in [-0.25, -0.2) is 9.97 Å². The molecular formula is C14H13IN4O. The Morgan fingerprint density at radius 2 is 2.15 bits per heavy atom. The van der Waals surface area contributed by atoms with E-state index in [1.807, 2.05) is 42.0 Å². The van der Waals surface area contributed by atoms with E-state index in [2.05, 4.69) is 37.9 Å². The smallest absolute Gasteiger partial charge is 0.164 e. The summed E-state index contributed by atoms with van der Waals surface area (Å²) in [5.41, 5.74) is 0.944.